The monoisotopic (exact) mass is 366 g/mol. The summed E-state index contributed by atoms with van der Waals surface area (Å²) in [4.78, 5) is 0. The minimum Gasteiger partial charge on any atom is -0.384 e. The van der Waals surface area contributed by atoms with Crippen LogP contribution in [0.15, 0.2) is 40.9 Å². The summed E-state index contributed by atoms with van der Waals surface area (Å²) in [7, 11) is 0. The van der Waals surface area contributed by atoms with Gasteiger partial charge in [0.25, 0.3) is 0 Å². The van der Waals surface area contributed by atoms with Crippen molar-refractivity contribution in [2.75, 3.05) is 0 Å². The Hall–Kier alpha value is -1.47. The molecular formula is C14H8BrF5O. The first-order chi connectivity index (χ1) is 9.70. The van der Waals surface area contributed by atoms with Crippen molar-refractivity contribution in [3.8, 4) is 0 Å². The Bertz CT molecular complexity index is 669. The summed E-state index contributed by atoms with van der Waals surface area (Å²) in [5.41, 5.74) is -1.43. The zero-order valence-electron chi connectivity index (χ0n) is 10.3. The number of hydrogen-bond acceptors (Lipinski definition) is 1. The highest BCUT2D eigenvalue weighted by atomic mass is 79.9. The third-order valence-electron chi connectivity index (χ3n) is 2.87. The molecule has 0 bridgehead atoms. The van der Waals surface area contributed by atoms with Crippen LogP contribution in [0.1, 0.15) is 22.8 Å². The summed E-state index contributed by atoms with van der Waals surface area (Å²) in [6.45, 7) is 0. The first-order valence-electron chi connectivity index (χ1n) is 5.70. The molecule has 0 amide bonds. The highest BCUT2D eigenvalue weighted by Crippen LogP contribution is 2.35. The Kier molecular flexibility index (Phi) is 4.34. The first-order valence-corrected chi connectivity index (χ1v) is 6.49. The van der Waals surface area contributed by atoms with Crippen LogP contribution in [0.4, 0.5) is 22.0 Å². The molecule has 0 aromatic heterocycles. The molecule has 0 spiro atoms. The van der Waals surface area contributed by atoms with Gasteiger partial charge in [-0.15, -0.1) is 0 Å². The second kappa shape index (κ2) is 5.73. The molecule has 112 valence electrons. The number of hydrogen-bond donors (Lipinski definition) is 1. The van der Waals surface area contributed by atoms with Crippen molar-refractivity contribution in [3.63, 3.8) is 0 Å². The van der Waals surface area contributed by atoms with E-state index in [0.29, 0.717) is 12.1 Å². The zero-order valence-corrected chi connectivity index (χ0v) is 11.8. The van der Waals surface area contributed by atoms with Crippen molar-refractivity contribution < 1.29 is 27.1 Å². The van der Waals surface area contributed by atoms with Gasteiger partial charge in [0.2, 0.25) is 0 Å². The van der Waals surface area contributed by atoms with Crippen molar-refractivity contribution in [2.24, 2.45) is 0 Å². The van der Waals surface area contributed by atoms with Crippen molar-refractivity contribution >= 4 is 15.9 Å². The van der Waals surface area contributed by atoms with Gasteiger partial charge in [0.1, 0.15) is 17.7 Å². The van der Waals surface area contributed by atoms with E-state index in [0.717, 1.165) is 18.2 Å². The fraction of sp³-hybridized carbons (Fsp3) is 0.143. The maximum Gasteiger partial charge on any atom is 0.419 e. The summed E-state index contributed by atoms with van der Waals surface area (Å²) in [5, 5.41) is 10.1. The molecule has 1 N–H and O–H groups in total. The minimum atomic E-state index is -4.86. The topological polar surface area (TPSA) is 20.2 Å². The molecule has 1 unspecified atom stereocenters. The van der Waals surface area contributed by atoms with Crippen LogP contribution in [0.25, 0.3) is 0 Å². The Labute approximate surface area is 125 Å². The van der Waals surface area contributed by atoms with E-state index in [1.807, 2.05) is 0 Å². The molecule has 0 heterocycles. The van der Waals surface area contributed by atoms with E-state index in [9.17, 15) is 27.1 Å². The molecule has 0 fully saturated rings. The van der Waals surface area contributed by atoms with Crippen LogP contribution in [-0.4, -0.2) is 5.11 Å². The van der Waals surface area contributed by atoms with Gasteiger partial charge < -0.3 is 5.11 Å². The molecule has 21 heavy (non-hydrogen) atoms. The predicted molar refractivity (Wildman–Crippen MR) is 69.6 cm³/mol. The minimum absolute atomic E-state index is 0.143. The number of benzene rings is 2. The lowest BCUT2D eigenvalue weighted by Crippen LogP contribution is -2.10. The Morgan fingerprint density at radius 2 is 1.67 bits per heavy atom. The fourth-order valence-electron chi connectivity index (χ4n) is 1.83. The van der Waals surface area contributed by atoms with E-state index in [1.165, 1.54) is 6.07 Å². The normalized spacial score (nSPS) is 13.3. The lowest BCUT2D eigenvalue weighted by Gasteiger charge is -2.16. The summed E-state index contributed by atoms with van der Waals surface area (Å²) in [6, 6.07) is 5.60. The average Bonchev–Trinajstić information content (AvgIpc) is 2.37. The molecule has 2 rings (SSSR count). The molecule has 7 heteroatoms. The summed E-state index contributed by atoms with van der Waals surface area (Å²) in [5.74, 6) is -1.98. The Morgan fingerprint density at radius 1 is 1.00 bits per heavy atom. The Balaban J connectivity index is 2.46. The second-order valence-electron chi connectivity index (χ2n) is 4.31. The molecule has 0 radical (unpaired) electrons. The van der Waals surface area contributed by atoms with Gasteiger partial charge in [-0.3, -0.25) is 0 Å². The molecule has 0 aliphatic heterocycles. The van der Waals surface area contributed by atoms with E-state index in [4.69, 9.17) is 0 Å². The summed E-state index contributed by atoms with van der Waals surface area (Å²) in [6.07, 6.45) is -6.30. The molecule has 2 aromatic carbocycles. The van der Waals surface area contributed by atoms with Crippen molar-refractivity contribution in [2.45, 2.75) is 12.3 Å². The van der Waals surface area contributed by atoms with Crippen LogP contribution in [0.5, 0.6) is 0 Å². The van der Waals surface area contributed by atoms with E-state index in [2.05, 4.69) is 15.9 Å². The highest BCUT2D eigenvalue weighted by molar-refractivity contribution is 9.10. The molecule has 0 saturated carbocycles. The highest BCUT2D eigenvalue weighted by Gasteiger charge is 2.34. The third kappa shape index (κ3) is 3.41. The van der Waals surface area contributed by atoms with Crippen LogP contribution in [0.3, 0.4) is 0 Å². The third-order valence-corrected chi connectivity index (χ3v) is 3.56. The first kappa shape index (κ1) is 15.9. The largest absolute Gasteiger partial charge is 0.419 e. The van der Waals surface area contributed by atoms with Crippen molar-refractivity contribution in [1.82, 2.24) is 0 Å². The Morgan fingerprint density at radius 3 is 2.24 bits per heavy atom. The molecule has 1 atom stereocenters. The quantitative estimate of drug-likeness (QED) is 0.755. The van der Waals surface area contributed by atoms with Gasteiger partial charge in [-0.2, -0.15) is 13.2 Å². The second-order valence-corrected chi connectivity index (χ2v) is 5.16. The summed E-state index contributed by atoms with van der Waals surface area (Å²) < 4.78 is 64.3. The van der Waals surface area contributed by atoms with Crippen LogP contribution < -0.4 is 0 Å². The standard InChI is InChI=1S/C14H8BrF5O/c15-11-6-8(16)2-3-9(11)13(21)7-1-4-12(17)10(5-7)14(18,19)20/h1-6,13,21H. The maximum atomic E-state index is 13.2. The van der Waals surface area contributed by atoms with Crippen molar-refractivity contribution in [1.29, 1.82) is 0 Å². The predicted octanol–water partition coefficient (Wildman–Crippen LogP) is 4.83. The summed E-state index contributed by atoms with van der Waals surface area (Å²) >= 11 is 3.02. The fourth-order valence-corrected chi connectivity index (χ4v) is 2.40. The smallest absolute Gasteiger partial charge is 0.384 e. The number of alkyl halides is 3. The molecule has 1 nitrogen and oxygen atoms in total. The van der Waals surface area contributed by atoms with E-state index >= 15 is 0 Å². The van der Waals surface area contributed by atoms with Gasteiger partial charge in [0.05, 0.1) is 5.56 Å². The zero-order chi connectivity index (χ0) is 15.8. The van der Waals surface area contributed by atoms with E-state index in [-0.39, 0.29) is 15.6 Å². The van der Waals surface area contributed by atoms with E-state index in [1.54, 1.807) is 0 Å². The number of rotatable bonds is 2. The SMILES string of the molecule is OC(c1ccc(F)c(C(F)(F)F)c1)c1ccc(F)cc1Br. The molecule has 2 aromatic rings. The number of aliphatic hydroxyl groups excluding tert-OH is 1. The molecule has 0 saturated heterocycles. The maximum absolute atomic E-state index is 13.2. The average molecular weight is 367 g/mol. The van der Waals surface area contributed by atoms with Gasteiger partial charge >= 0.3 is 6.18 Å². The van der Waals surface area contributed by atoms with E-state index < -0.39 is 29.5 Å². The van der Waals surface area contributed by atoms with Gasteiger partial charge in [-0.25, -0.2) is 8.78 Å². The lowest BCUT2D eigenvalue weighted by molar-refractivity contribution is -0.140. The van der Waals surface area contributed by atoms with Crippen LogP contribution in [0.2, 0.25) is 0 Å². The molecular weight excluding hydrogens is 359 g/mol. The van der Waals surface area contributed by atoms with Crippen LogP contribution in [-0.2, 0) is 6.18 Å². The van der Waals surface area contributed by atoms with Crippen LogP contribution >= 0.6 is 15.9 Å². The number of aliphatic hydroxyl groups is 1. The van der Waals surface area contributed by atoms with Gasteiger partial charge in [-0.05, 0) is 35.4 Å². The van der Waals surface area contributed by atoms with Gasteiger partial charge in [0.15, 0.2) is 0 Å². The number of halogens is 6. The van der Waals surface area contributed by atoms with Crippen molar-refractivity contribution in [3.05, 3.63) is 69.2 Å². The molecule has 0 aliphatic rings. The van der Waals surface area contributed by atoms with Gasteiger partial charge in [-0.1, -0.05) is 28.1 Å². The molecule has 0 aliphatic carbocycles. The lowest BCUT2D eigenvalue weighted by atomic mass is 9.99. The van der Waals surface area contributed by atoms with Crippen LogP contribution in [0, 0.1) is 11.6 Å². The van der Waals surface area contributed by atoms with Gasteiger partial charge in [0, 0.05) is 4.47 Å².